The Bertz CT molecular complexity index is 1400. The average Bonchev–Trinajstić information content (AvgIpc) is 3.32. The SMILES string of the molecule is CCCCOc1c(/C=C/c2nc3sccn3c(=O)c2-c2ccc(C#N)cc2)cccc1OC. The van der Waals surface area contributed by atoms with Crippen LogP contribution in [-0.2, 0) is 0 Å². The molecule has 33 heavy (non-hydrogen) atoms. The molecule has 0 radical (unpaired) electrons. The lowest BCUT2D eigenvalue weighted by Crippen LogP contribution is -2.17. The van der Waals surface area contributed by atoms with Crippen molar-refractivity contribution >= 4 is 28.4 Å². The summed E-state index contributed by atoms with van der Waals surface area (Å²) in [6, 6.07) is 14.8. The lowest BCUT2D eigenvalue weighted by Gasteiger charge is -2.13. The summed E-state index contributed by atoms with van der Waals surface area (Å²) in [5.41, 5.74) is 2.94. The van der Waals surface area contributed by atoms with Gasteiger partial charge in [-0.3, -0.25) is 9.20 Å². The van der Waals surface area contributed by atoms with Gasteiger partial charge in [-0.15, -0.1) is 11.3 Å². The largest absolute Gasteiger partial charge is 0.493 e. The molecule has 2 aromatic carbocycles. The molecule has 7 heteroatoms. The number of hydrogen-bond donors (Lipinski definition) is 0. The Kier molecular flexibility index (Phi) is 6.86. The third-order valence-corrected chi connectivity index (χ3v) is 5.95. The normalized spacial score (nSPS) is 11.1. The van der Waals surface area contributed by atoms with Gasteiger partial charge in [-0.2, -0.15) is 5.26 Å². The van der Waals surface area contributed by atoms with Crippen molar-refractivity contribution in [1.29, 1.82) is 5.26 Å². The van der Waals surface area contributed by atoms with E-state index in [1.807, 2.05) is 35.7 Å². The number of thiazole rings is 1. The second-order valence-electron chi connectivity index (χ2n) is 7.34. The molecule has 0 fully saturated rings. The molecule has 0 aliphatic rings. The van der Waals surface area contributed by atoms with E-state index in [1.54, 1.807) is 42.0 Å². The van der Waals surface area contributed by atoms with Gasteiger partial charge in [-0.1, -0.05) is 37.6 Å². The van der Waals surface area contributed by atoms with E-state index < -0.39 is 0 Å². The Morgan fingerprint density at radius 3 is 2.73 bits per heavy atom. The summed E-state index contributed by atoms with van der Waals surface area (Å²) in [5.74, 6) is 1.32. The Balaban J connectivity index is 1.82. The number of ether oxygens (including phenoxy) is 2. The van der Waals surface area contributed by atoms with Crippen molar-refractivity contribution in [3.05, 3.63) is 81.2 Å². The fourth-order valence-corrected chi connectivity index (χ4v) is 4.18. The van der Waals surface area contributed by atoms with Crippen molar-refractivity contribution in [1.82, 2.24) is 9.38 Å². The van der Waals surface area contributed by atoms with Crippen LogP contribution < -0.4 is 15.0 Å². The highest BCUT2D eigenvalue weighted by Gasteiger charge is 2.15. The van der Waals surface area contributed by atoms with Crippen LogP contribution >= 0.6 is 11.3 Å². The van der Waals surface area contributed by atoms with Gasteiger partial charge >= 0.3 is 0 Å². The van der Waals surface area contributed by atoms with Crippen molar-refractivity contribution in [3.63, 3.8) is 0 Å². The molecule has 0 unspecified atom stereocenters. The quantitative estimate of drug-likeness (QED) is 0.320. The Hall–Kier alpha value is -3.89. The van der Waals surface area contributed by atoms with Gasteiger partial charge in [0.1, 0.15) is 0 Å². The third kappa shape index (κ3) is 4.66. The first-order valence-electron chi connectivity index (χ1n) is 10.6. The number of hydrogen-bond acceptors (Lipinski definition) is 6. The molecule has 4 aromatic rings. The van der Waals surface area contributed by atoms with E-state index in [9.17, 15) is 4.79 Å². The molecule has 0 N–H and O–H groups in total. The number of benzene rings is 2. The number of methoxy groups -OCH3 is 1. The van der Waals surface area contributed by atoms with Crippen molar-refractivity contribution in [2.45, 2.75) is 19.8 Å². The number of nitriles is 1. The number of unbranched alkanes of at least 4 members (excludes halogenated alkanes) is 1. The van der Waals surface area contributed by atoms with Gasteiger partial charge in [0.05, 0.1) is 36.6 Å². The van der Waals surface area contributed by atoms with E-state index in [2.05, 4.69) is 13.0 Å². The molecule has 0 saturated heterocycles. The number of fused-ring (bicyclic) bond motifs is 1. The van der Waals surface area contributed by atoms with Gasteiger partial charge in [0.2, 0.25) is 0 Å². The van der Waals surface area contributed by atoms with Crippen LogP contribution in [0.1, 0.15) is 36.6 Å². The minimum Gasteiger partial charge on any atom is -0.493 e. The number of nitrogens with zero attached hydrogens (tertiary/aromatic N) is 3. The van der Waals surface area contributed by atoms with Gasteiger partial charge in [0.25, 0.3) is 5.56 Å². The fourth-order valence-electron chi connectivity index (χ4n) is 3.47. The maximum atomic E-state index is 13.3. The molecular formula is C26H23N3O3S. The van der Waals surface area contributed by atoms with Crippen LogP contribution in [0, 0.1) is 11.3 Å². The zero-order valence-electron chi connectivity index (χ0n) is 18.4. The monoisotopic (exact) mass is 457 g/mol. The van der Waals surface area contributed by atoms with Crippen LogP contribution in [0.15, 0.2) is 58.8 Å². The smallest absolute Gasteiger partial charge is 0.266 e. The van der Waals surface area contributed by atoms with Crippen molar-refractivity contribution < 1.29 is 9.47 Å². The molecule has 6 nitrogen and oxygen atoms in total. The molecule has 0 saturated carbocycles. The first kappa shape index (κ1) is 22.3. The minimum atomic E-state index is -0.157. The predicted molar refractivity (Wildman–Crippen MR) is 132 cm³/mol. The van der Waals surface area contributed by atoms with Crippen LogP contribution in [0.5, 0.6) is 11.5 Å². The van der Waals surface area contributed by atoms with Crippen LogP contribution in [-0.4, -0.2) is 23.1 Å². The van der Waals surface area contributed by atoms with Crippen molar-refractivity contribution in [2.75, 3.05) is 13.7 Å². The molecule has 2 aromatic heterocycles. The fraction of sp³-hybridized carbons (Fsp3) is 0.192. The van der Waals surface area contributed by atoms with Crippen LogP contribution in [0.25, 0.3) is 28.2 Å². The van der Waals surface area contributed by atoms with Gasteiger partial charge in [-0.05, 0) is 42.3 Å². The number of aromatic nitrogens is 2. The van der Waals surface area contributed by atoms with Gasteiger partial charge in [-0.25, -0.2) is 4.98 Å². The molecule has 4 rings (SSSR count). The lowest BCUT2D eigenvalue weighted by molar-refractivity contribution is 0.287. The predicted octanol–water partition coefficient (Wildman–Crippen LogP) is 5.65. The number of para-hydroxylation sites is 1. The summed E-state index contributed by atoms with van der Waals surface area (Å²) in [6.45, 7) is 2.71. The molecule has 0 spiro atoms. The van der Waals surface area contributed by atoms with E-state index in [0.717, 1.165) is 18.4 Å². The van der Waals surface area contributed by atoms with E-state index in [1.165, 1.54) is 11.3 Å². The standard InChI is InChI=1S/C26H23N3O3S/c1-3-4-15-32-24-20(6-5-7-22(24)31-2)12-13-21-23(19-10-8-18(17-27)9-11-19)25(30)29-14-16-33-26(29)28-21/h5-14,16H,3-4,15H2,1-2H3/b13-12+. The average molecular weight is 458 g/mol. The molecule has 2 heterocycles. The summed E-state index contributed by atoms with van der Waals surface area (Å²) < 4.78 is 13.1. The first-order valence-corrected chi connectivity index (χ1v) is 11.5. The van der Waals surface area contributed by atoms with E-state index >= 15 is 0 Å². The highest BCUT2D eigenvalue weighted by atomic mass is 32.1. The maximum absolute atomic E-state index is 13.3. The van der Waals surface area contributed by atoms with Crippen molar-refractivity contribution in [2.24, 2.45) is 0 Å². The van der Waals surface area contributed by atoms with E-state index in [0.29, 0.717) is 45.5 Å². The highest BCUT2D eigenvalue weighted by Crippen LogP contribution is 2.33. The molecule has 0 aliphatic heterocycles. The van der Waals surface area contributed by atoms with Crippen LogP contribution in [0.4, 0.5) is 0 Å². The summed E-state index contributed by atoms with van der Waals surface area (Å²) >= 11 is 1.40. The van der Waals surface area contributed by atoms with E-state index in [4.69, 9.17) is 19.7 Å². The summed E-state index contributed by atoms with van der Waals surface area (Å²) in [7, 11) is 1.62. The lowest BCUT2D eigenvalue weighted by atomic mass is 10.0. The van der Waals surface area contributed by atoms with Gasteiger partial charge < -0.3 is 9.47 Å². The molecular weight excluding hydrogens is 434 g/mol. The molecule has 0 amide bonds. The molecule has 0 atom stereocenters. The zero-order chi connectivity index (χ0) is 23.2. The Labute approximate surface area is 196 Å². The second-order valence-corrected chi connectivity index (χ2v) is 8.21. The Morgan fingerprint density at radius 1 is 1.18 bits per heavy atom. The zero-order valence-corrected chi connectivity index (χ0v) is 19.3. The third-order valence-electron chi connectivity index (χ3n) is 5.19. The number of rotatable bonds is 8. The van der Waals surface area contributed by atoms with Gasteiger partial charge in [0, 0.05) is 17.1 Å². The topological polar surface area (TPSA) is 76.6 Å². The summed E-state index contributed by atoms with van der Waals surface area (Å²) in [4.78, 5) is 18.7. The van der Waals surface area contributed by atoms with Gasteiger partial charge in [0.15, 0.2) is 16.5 Å². The molecule has 0 aliphatic carbocycles. The second kappa shape index (κ2) is 10.2. The first-order chi connectivity index (χ1) is 16.2. The van der Waals surface area contributed by atoms with Crippen molar-refractivity contribution in [3.8, 4) is 28.7 Å². The van der Waals surface area contributed by atoms with E-state index in [-0.39, 0.29) is 5.56 Å². The molecule has 166 valence electrons. The Morgan fingerprint density at radius 2 is 2.00 bits per heavy atom. The van der Waals surface area contributed by atoms with Crippen LogP contribution in [0.3, 0.4) is 0 Å². The minimum absolute atomic E-state index is 0.157. The summed E-state index contributed by atoms with van der Waals surface area (Å²) in [6.07, 6.45) is 7.41. The summed E-state index contributed by atoms with van der Waals surface area (Å²) in [5, 5.41) is 11.0. The highest BCUT2D eigenvalue weighted by molar-refractivity contribution is 7.15. The molecule has 0 bridgehead atoms. The van der Waals surface area contributed by atoms with Crippen LogP contribution in [0.2, 0.25) is 0 Å². The maximum Gasteiger partial charge on any atom is 0.266 e.